The number of ether oxygens (including phenoxy) is 2. The molecule has 4 saturated carbocycles. The second-order valence-corrected chi connectivity index (χ2v) is 10.6. The lowest BCUT2D eigenvalue weighted by molar-refractivity contribution is -0.0143. The first-order valence-corrected chi connectivity index (χ1v) is 12.2. The van der Waals surface area contributed by atoms with Gasteiger partial charge in [0.2, 0.25) is 0 Å². The quantitative estimate of drug-likeness (QED) is 0.474. The molecule has 5 heteroatoms. The molecule has 0 spiro atoms. The summed E-state index contributed by atoms with van der Waals surface area (Å²) in [5.74, 6) is 5.28. The van der Waals surface area contributed by atoms with Gasteiger partial charge in [0.1, 0.15) is 6.61 Å². The first-order valence-electron chi connectivity index (χ1n) is 11.1. The van der Waals surface area contributed by atoms with E-state index in [1.165, 1.54) is 32.1 Å². The molecule has 4 aliphatic carbocycles. The van der Waals surface area contributed by atoms with Gasteiger partial charge in [-0.3, -0.25) is 0 Å². The fourth-order valence-corrected chi connectivity index (χ4v) is 6.86. The Labute approximate surface area is 192 Å². The van der Waals surface area contributed by atoms with Crippen LogP contribution in [0.2, 0.25) is 5.02 Å². The zero-order valence-corrected chi connectivity index (χ0v) is 19.7. The molecule has 4 fully saturated rings. The molecule has 0 amide bonds. The summed E-state index contributed by atoms with van der Waals surface area (Å²) in [7, 11) is 1.70. The van der Waals surface area contributed by atoms with Crippen LogP contribution in [0.1, 0.15) is 43.2 Å². The van der Waals surface area contributed by atoms with Crippen molar-refractivity contribution < 1.29 is 9.47 Å². The van der Waals surface area contributed by atoms with E-state index in [1.807, 2.05) is 30.3 Å². The molecule has 2 aromatic carbocycles. The van der Waals surface area contributed by atoms with E-state index < -0.39 is 0 Å². The van der Waals surface area contributed by atoms with E-state index >= 15 is 0 Å². The van der Waals surface area contributed by atoms with Crippen LogP contribution < -0.4 is 14.8 Å². The number of benzene rings is 2. The van der Waals surface area contributed by atoms with Gasteiger partial charge in [-0.1, -0.05) is 39.7 Å². The van der Waals surface area contributed by atoms with Gasteiger partial charge in [0.25, 0.3) is 0 Å². The van der Waals surface area contributed by atoms with Crippen LogP contribution in [0.25, 0.3) is 0 Å². The van der Waals surface area contributed by atoms with E-state index in [-0.39, 0.29) is 0 Å². The van der Waals surface area contributed by atoms with Gasteiger partial charge in [0, 0.05) is 27.6 Å². The Kier molecular flexibility index (Phi) is 6.01. The van der Waals surface area contributed by atoms with Gasteiger partial charge in [0.05, 0.1) is 7.11 Å². The number of rotatable bonds is 7. The molecule has 0 saturated heterocycles. The highest BCUT2D eigenvalue weighted by Gasteiger charge is 2.47. The molecule has 0 unspecified atom stereocenters. The Morgan fingerprint density at radius 3 is 2.27 bits per heavy atom. The van der Waals surface area contributed by atoms with E-state index in [9.17, 15) is 0 Å². The molecule has 160 valence electrons. The molecule has 2 aromatic rings. The van der Waals surface area contributed by atoms with Crippen LogP contribution in [0, 0.1) is 23.7 Å². The highest BCUT2D eigenvalue weighted by molar-refractivity contribution is 9.10. The second kappa shape index (κ2) is 8.72. The van der Waals surface area contributed by atoms with Crippen LogP contribution in [-0.4, -0.2) is 13.2 Å². The molecule has 4 aliphatic rings. The first kappa shape index (κ1) is 20.7. The third-order valence-corrected chi connectivity index (χ3v) is 8.42. The second-order valence-electron chi connectivity index (χ2n) is 9.31. The van der Waals surface area contributed by atoms with Gasteiger partial charge in [-0.15, -0.1) is 0 Å². The van der Waals surface area contributed by atoms with Crippen LogP contribution in [0.15, 0.2) is 40.9 Å². The zero-order chi connectivity index (χ0) is 20.7. The molecule has 3 nitrogen and oxygen atoms in total. The third-order valence-electron chi connectivity index (χ3n) is 7.42. The summed E-state index contributed by atoms with van der Waals surface area (Å²) < 4.78 is 13.0. The van der Waals surface area contributed by atoms with Gasteiger partial charge in [-0.25, -0.2) is 0 Å². The molecule has 30 heavy (non-hydrogen) atoms. The maximum Gasteiger partial charge on any atom is 0.167 e. The Morgan fingerprint density at radius 2 is 1.63 bits per heavy atom. The van der Waals surface area contributed by atoms with Crippen molar-refractivity contribution >= 4 is 27.5 Å². The smallest absolute Gasteiger partial charge is 0.167 e. The van der Waals surface area contributed by atoms with Crippen LogP contribution in [-0.2, 0) is 13.2 Å². The minimum absolute atomic E-state index is 0.481. The normalized spacial score (nSPS) is 29.2. The highest BCUT2D eigenvalue weighted by atomic mass is 79.9. The van der Waals surface area contributed by atoms with E-state index in [0.29, 0.717) is 12.6 Å². The molecule has 0 atom stereocenters. The van der Waals surface area contributed by atoms with Crippen LogP contribution in [0.4, 0.5) is 0 Å². The standard InChI is InChI=1S/C25H29BrClNO2/c1-29-23-7-6-22(26)21(25(23)30-14-15-2-4-20(27)5-3-15)13-28-24-18-9-16-8-17(11-18)12-19(24)10-16/h2-7,16-19,24,28H,8-14H2,1H3. The van der Waals surface area contributed by atoms with Crippen molar-refractivity contribution in [2.24, 2.45) is 23.7 Å². The average molecular weight is 491 g/mol. The van der Waals surface area contributed by atoms with E-state index in [4.69, 9.17) is 21.1 Å². The molecular weight excluding hydrogens is 462 g/mol. The van der Waals surface area contributed by atoms with Crippen LogP contribution >= 0.6 is 27.5 Å². The van der Waals surface area contributed by atoms with Gasteiger partial charge >= 0.3 is 0 Å². The molecule has 6 rings (SSSR count). The number of hydrogen-bond donors (Lipinski definition) is 1. The van der Waals surface area contributed by atoms with Crippen molar-refractivity contribution in [3.05, 3.63) is 57.0 Å². The molecule has 0 radical (unpaired) electrons. The lowest BCUT2D eigenvalue weighted by atomic mass is 9.54. The summed E-state index contributed by atoms with van der Waals surface area (Å²) in [6, 6.07) is 12.5. The lowest BCUT2D eigenvalue weighted by Crippen LogP contribution is -2.54. The van der Waals surface area contributed by atoms with E-state index in [1.54, 1.807) is 7.11 Å². The SMILES string of the molecule is COc1ccc(Br)c(CNC2C3CC4CC(C3)CC2C4)c1OCc1ccc(Cl)cc1. The van der Waals surface area contributed by atoms with Gasteiger partial charge in [-0.05, 0) is 85.6 Å². The minimum Gasteiger partial charge on any atom is -0.493 e. The molecule has 0 aliphatic heterocycles. The van der Waals surface area contributed by atoms with Gasteiger partial charge < -0.3 is 14.8 Å². The fourth-order valence-electron chi connectivity index (χ4n) is 6.28. The van der Waals surface area contributed by atoms with Crippen LogP contribution in [0.5, 0.6) is 11.5 Å². The summed E-state index contributed by atoms with van der Waals surface area (Å²) in [4.78, 5) is 0. The Morgan fingerprint density at radius 1 is 0.967 bits per heavy atom. The molecular formula is C25H29BrClNO2. The van der Waals surface area contributed by atoms with Crippen LogP contribution in [0.3, 0.4) is 0 Å². The van der Waals surface area contributed by atoms with Gasteiger partial charge in [-0.2, -0.15) is 0 Å². The highest BCUT2D eigenvalue weighted by Crippen LogP contribution is 2.53. The molecule has 0 aromatic heterocycles. The third kappa shape index (κ3) is 4.11. The number of halogens is 2. The van der Waals surface area contributed by atoms with E-state index in [0.717, 1.165) is 62.3 Å². The summed E-state index contributed by atoms with van der Waals surface area (Å²) in [6.45, 7) is 1.27. The predicted octanol–water partition coefficient (Wildman–Crippen LogP) is 6.60. The zero-order valence-electron chi connectivity index (χ0n) is 17.4. The monoisotopic (exact) mass is 489 g/mol. The van der Waals surface area contributed by atoms with Crippen molar-refractivity contribution in [1.82, 2.24) is 5.32 Å². The number of nitrogens with one attached hydrogen (secondary N) is 1. The predicted molar refractivity (Wildman–Crippen MR) is 124 cm³/mol. The number of hydrogen-bond acceptors (Lipinski definition) is 3. The maximum atomic E-state index is 6.29. The van der Waals surface area contributed by atoms with Crippen molar-refractivity contribution in [3.63, 3.8) is 0 Å². The Hall–Kier alpha value is -1.23. The largest absolute Gasteiger partial charge is 0.493 e. The number of methoxy groups -OCH3 is 1. The van der Waals surface area contributed by atoms with Crippen molar-refractivity contribution in [2.45, 2.75) is 51.3 Å². The average Bonchev–Trinajstić information content (AvgIpc) is 2.73. The van der Waals surface area contributed by atoms with Gasteiger partial charge in [0.15, 0.2) is 11.5 Å². The van der Waals surface area contributed by atoms with E-state index in [2.05, 4.69) is 27.3 Å². The molecule has 1 N–H and O–H groups in total. The Bertz CT molecular complexity index is 873. The summed E-state index contributed by atoms with van der Waals surface area (Å²) >= 11 is 9.77. The van der Waals surface area contributed by atoms with Crippen molar-refractivity contribution in [3.8, 4) is 11.5 Å². The molecule has 4 bridgehead atoms. The fraction of sp³-hybridized carbons (Fsp3) is 0.520. The Balaban J connectivity index is 1.33. The topological polar surface area (TPSA) is 30.5 Å². The summed E-state index contributed by atoms with van der Waals surface area (Å²) in [6.07, 6.45) is 7.17. The summed E-state index contributed by atoms with van der Waals surface area (Å²) in [5.41, 5.74) is 2.22. The first-order chi connectivity index (χ1) is 14.6. The maximum absolute atomic E-state index is 6.29. The minimum atomic E-state index is 0.481. The molecule has 0 heterocycles. The van der Waals surface area contributed by atoms with Crippen molar-refractivity contribution in [1.29, 1.82) is 0 Å². The lowest BCUT2D eigenvalue weighted by Gasteiger charge is -2.54. The summed E-state index contributed by atoms with van der Waals surface area (Å²) in [5, 5.41) is 4.67. The van der Waals surface area contributed by atoms with Crippen molar-refractivity contribution in [2.75, 3.05) is 7.11 Å².